The van der Waals surface area contributed by atoms with Crippen LogP contribution >= 0.6 is 34.8 Å². The van der Waals surface area contributed by atoms with Crippen molar-refractivity contribution in [1.29, 1.82) is 0 Å². The Kier molecular flexibility index (Phi) is 5.38. The standard InChI is InChI=1S/C19H18Cl3NO5/c20-19(21,22)10-26-18(25)23-12-3-4-13(23)8-15(7-12)27-14-5-1-11-2-6-17(24)28-16(11)9-14/h1-2,5-6,9,12-13,15H,3-4,7-8,10H2/t12-,13+,15?. The third-order valence-electron chi connectivity index (χ3n) is 5.16. The first-order valence-electron chi connectivity index (χ1n) is 9.01. The van der Waals surface area contributed by atoms with Crippen LogP contribution in [0.15, 0.2) is 39.5 Å². The van der Waals surface area contributed by atoms with E-state index < -0.39 is 15.5 Å². The van der Waals surface area contributed by atoms with Gasteiger partial charge < -0.3 is 18.8 Å². The normalized spacial score (nSPS) is 24.4. The maximum Gasteiger partial charge on any atom is 0.410 e. The fourth-order valence-corrected chi connectivity index (χ4v) is 4.21. The van der Waals surface area contributed by atoms with Gasteiger partial charge in [-0.2, -0.15) is 0 Å². The molecule has 0 saturated carbocycles. The first-order chi connectivity index (χ1) is 13.3. The van der Waals surface area contributed by atoms with Crippen LogP contribution < -0.4 is 10.4 Å². The van der Waals surface area contributed by atoms with Crippen molar-refractivity contribution in [2.75, 3.05) is 6.61 Å². The lowest BCUT2D eigenvalue weighted by Gasteiger charge is -2.38. The molecule has 150 valence electrons. The van der Waals surface area contributed by atoms with E-state index in [1.165, 1.54) is 6.07 Å². The molecule has 6 nitrogen and oxygen atoms in total. The number of nitrogens with zero attached hydrogens (tertiary/aromatic N) is 1. The number of rotatable bonds is 3. The lowest BCUT2D eigenvalue weighted by atomic mass is 10.00. The molecule has 1 aromatic carbocycles. The fraction of sp³-hybridized carbons (Fsp3) is 0.474. The minimum absolute atomic E-state index is 0.0324. The van der Waals surface area contributed by atoms with Gasteiger partial charge in [-0.15, -0.1) is 0 Å². The number of carbonyl (C=O) groups excluding carboxylic acids is 1. The Hall–Kier alpha value is -1.63. The molecule has 1 unspecified atom stereocenters. The summed E-state index contributed by atoms with van der Waals surface area (Å²) in [6, 6.07) is 8.59. The summed E-state index contributed by atoms with van der Waals surface area (Å²) < 4.78 is 14.9. The molecular formula is C19H18Cl3NO5. The van der Waals surface area contributed by atoms with Gasteiger partial charge in [-0.1, -0.05) is 34.8 Å². The van der Waals surface area contributed by atoms with Crippen molar-refractivity contribution in [1.82, 2.24) is 4.90 Å². The molecule has 2 bridgehead atoms. The van der Waals surface area contributed by atoms with E-state index in [0.29, 0.717) is 24.2 Å². The molecule has 0 N–H and O–H groups in total. The van der Waals surface area contributed by atoms with Crippen LogP contribution in [0.5, 0.6) is 5.75 Å². The number of benzene rings is 1. The number of hydrogen-bond donors (Lipinski definition) is 0. The summed E-state index contributed by atoms with van der Waals surface area (Å²) in [6.45, 7) is -0.283. The Morgan fingerprint density at radius 2 is 1.82 bits per heavy atom. The summed E-state index contributed by atoms with van der Waals surface area (Å²) in [7, 11) is 0. The first kappa shape index (κ1) is 19.7. The highest BCUT2D eigenvalue weighted by atomic mass is 35.6. The third kappa shape index (κ3) is 4.34. The lowest BCUT2D eigenvalue weighted by Crippen LogP contribution is -2.49. The number of alkyl halides is 3. The number of amides is 1. The SMILES string of the molecule is O=C(OCC(Cl)(Cl)Cl)N1[C@@H]2CC[C@H]1CC(Oc1ccc3ccc(=O)oc3c1)C2. The van der Waals surface area contributed by atoms with E-state index in [9.17, 15) is 9.59 Å². The number of piperidine rings is 1. The zero-order chi connectivity index (χ0) is 19.9. The number of hydrogen-bond acceptors (Lipinski definition) is 5. The Morgan fingerprint density at radius 3 is 2.50 bits per heavy atom. The molecule has 2 aromatic rings. The minimum atomic E-state index is -1.62. The molecule has 0 radical (unpaired) electrons. The molecule has 2 fully saturated rings. The van der Waals surface area contributed by atoms with E-state index in [4.69, 9.17) is 48.7 Å². The van der Waals surface area contributed by atoms with Gasteiger partial charge in [0, 0.05) is 42.4 Å². The number of ether oxygens (including phenoxy) is 2. The van der Waals surface area contributed by atoms with Crippen LogP contribution in [0, 0.1) is 0 Å². The third-order valence-corrected chi connectivity index (χ3v) is 5.48. The van der Waals surface area contributed by atoms with Gasteiger partial charge in [-0.05, 0) is 31.0 Å². The Bertz CT molecular complexity index is 927. The number of fused-ring (bicyclic) bond motifs is 3. The summed E-state index contributed by atoms with van der Waals surface area (Å²) in [5.41, 5.74) is 0.0880. The van der Waals surface area contributed by atoms with Crippen molar-refractivity contribution in [3.8, 4) is 5.75 Å². The molecule has 3 heterocycles. The molecule has 1 amide bonds. The van der Waals surface area contributed by atoms with Crippen LogP contribution in [0.1, 0.15) is 25.7 Å². The van der Waals surface area contributed by atoms with Crippen molar-refractivity contribution in [2.24, 2.45) is 0 Å². The molecular weight excluding hydrogens is 429 g/mol. The molecule has 2 saturated heterocycles. The summed E-state index contributed by atoms with van der Waals surface area (Å²) >= 11 is 17.0. The van der Waals surface area contributed by atoms with E-state index in [-0.39, 0.29) is 24.8 Å². The quantitative estimate of drug-likeness (QED) is 0.506. The Labute approximate surface area is 176 Å². The second kappa shape index (κ2) is 7.65. The van der Waals surface area contributed by atoms with Gasteiger partial charge in [0.05, 0.1) is 0 Å². The van der Waals surface area contributed by atoms with E-state index in [1.807, 2.05) is 12.1 Å². The molecule has 0 aliphatic carbocycles. The minimum Gasteiger partial charge on any atom is -0.490 e. The zero-order valence-corrected chi connectivity index (χ0v) is 17.0. The molecule has 0 spiro atoms. The van der Waals surface area contributed by atoms with Gasteiger partial charge >= 0.3 is 11.7 Å². The van der Waals surface area contributed by atoms with Crippen molar-refractivity contribution in [3.05, 3.63) is 40.8 Å². The number of carbonyl (C=O) groups is 1. The van der Waals surface area contributed by atoms with Crippen molar-refractivity contribution in [2.45, 2.75) is 47.7 Å². The van der Waals surface area contributed by atoms with Crippen molar-refractivity contribution >= 4 is 51.9 Å². The van der Waals surface area contributed by atoms with Crippen LogP contribution in [0.4, 0.5) is 4.79 Å². The van der Waals surface area contributed by atoms with Crippen molar-refractivity contribution in [3.63, 3.8) is 0 Å². The first-order valence-corrected chi connectivity index (χ1v) is 10.1. The predicted molar refractivity (Wildman–Crippen MR) is 106 cm³/mol. The Morgan fingerprint density at radius 1 is 1.14 bits per heavy atom. The monoisotopic (exact) mass is 445 g/mol. The second-order valence-electron chi connectivity index (χ2n) is 7.13. The fourth-order valence-electron chi connectivity index (χ4n) is 4.05. The molecule has 1 aromatic heterocycles. The molecule has 28 heavy (non-hydrogen) atoms. The lowest BCUT2D eigenvalue weighted by molar-refractivity contribution is 0.0340. The largest absolute Gasteiger partial charge is 0.490 e. The van der Waals surface area contributed by atoms with Gasteiger partial charge in [0.15, 0.2) is 0 Å². The summed E-state index contributed by atoms with van der Waals surface area (Å²) in [5, 5.41) is 0.832. The van der Waals surface area contributed by atoms with Crippen LogP contribution in [-0.2, 0) is 4.74 Å². The molecule has 9 heteroatoms. The molecule has 3 atom stereocenters. The van der Waals surface area contributed by atoms with E-state index >= 15 is 0 Å². The maximum atomic E-state index is 12.4. The summed E-state index contributed by atoms with van der Waals surface area (Å²) in [4.78, 5) is 25.6. The van der Waals surface area contributed by atoms with Gasteiger partial charge in [0.1, 0.15) is 24.0 Å². The number of halogens is 3. The zero-order valence-electron chi connectivity index (χ0n) is 14.8. The van der Waals surface area contributed by atoms with Crippen LogP contribution in [0.2, 0.25) is 0 Å². The molecule has 2 aliphatic heterocycles. The predicted octanol–water partition coefficient (Wildman–Crippen LogP) is 4.67. The Balaban J connectivity index is 1.42. The van der Waals surface area contributed by atoms with Crippen molar-refractivity contribution < 1.29 is 18.7 Å². The van der Waals surface area contributed by atoms with Crippen LogP contribution in [-0.4, -0.2) is 39.6 Å². The van der Waals surface area contributed by atoms with Gasteiger partial charge in [0.2, 0.25) is 3.79 Å². The summed E-state index contributed by atoms with van der Waals surface area (Å²) in [6.07, 6.45) is 2.67. The topological polar surface area (TPSA) is 69.0 Å². The highest BCUT2D eigenvalue weighted by Gasteiger charge is 2.45. The smallest absolute Gasteiger partial charge is 0.410 e. The van der Waals surface area contributed by atoms with Gasteiger partial charge in [-0.25, -0.2) is 9.59 Å². The van der Waals surface area contributed by atoms with E-state index in [2.05, 4.69) is 0 Å². The average Bonchev–Trinajstić information content (AvgIpc) is 2.89. The van der Waals surface area contributed by atoms with Gasteiger partial charge in [-0.3, -0.25) is 0 Å². The van der Waals surface area contributed by atoms with Gasteiger partial charge in [0.25, 0.3) is 0 Å². The van der Waals surface area contributed by atoms with E-state index in [0.717, 1.165) is 18.2 Å². The summed E-state index contributed by atoms with van der Waals surface area (Å²) in [5.74, 6) is 0.637. The highest BCUT2D eigenvalue weighted by molar-refractivity contribution is 6.67. The van der Waals surface area contributed by atoms with E-state index in [1.54, 1.807) is 17.0 Å². The molecule has 4 rings (SSSR count). The van der Waals surface area contributed by atoms with Crippen LogP contribution in [0.25, 0.3) is 11.0 Å². The average molecular weight is 447 g/mol. The highest BCUT2D eigenvalue weighted by Crippen LogP contribution is 2.38. The maximum absolute atomic E-state index is 12.4. The van der Waals surface area contributed by atoms with Crippen LogP contribution in [0.3, 0.4) is 0 Å². The molecule has 2 aliphatic rings. The second-order valence-corrected chi connectivity index (χ2v) is 9.64.